The molecule has 0 amide bonds. The second-order valence-electron chi connectivity index (χ2n) is 5.78. The standard InChI is InChI=1S/C19H26O2/c1-4-14(5-2)11-17(20)12-16-8-6-7-15-9-10-18(21-3)13-19(15)16/h6-10,13-14,17,20H,4-5,11-12H2,1-3H3. The van der Waals surface area contributed by atoms with Gasteiger partial charge in [0, 0.05) is 0 Å². The lowest BCUT2D eigenvalue weighted by molar-refractivity contribution is 0.140. The van der Waals surface area contributed by atoms with E-state index in [4.69, 9.17) is 4.74 Å². The average molecular weight is 286 g/mol. The molecule has 2 aromatic rings. The molecular weight excluding hydrogens is 260 g/mol. The molecule has 0 aliphatic heterocycles. The predicted molar refractivity (Wildman–Crippen MR) is 88.9 cm³/mol. The molecule has 0 saturated heterocycles. The van der Waals surface area contributed by atoms with Crippen LogP contribution in [-0.4, -0.2) is 18.3 Å². The van der Waals surface area contributed by atoms with Crippen molar-refractivity contribution >= 4 is 10.8 Å². The molecule has 2 heteroatoms. The molecule has 0 fully saturated rings. The van der Waals surface area contributed by atoms with E-state index >= 15 is 0 Å². The normalized spacial score (nSPS) is 12.8. The number of ether oxygens (including phenoxy) is 1. The van der Waals surface area contributed by atoms with Crippen LogP contribution in [0.4, 0.5) is 0 Å². The highest BCUT2D eigenvalue weighted by Crippen LogP contribution is 2.26. The average Bonchev–Trinajstić information content (AvgIpc) is 2.52. The Morgan fingerprint density at radius 2 is 1.86 bits per heavy atom. The van der Waals surface area contributed by atoms with E-state index in [0.717, 1.165) is 25.0 Å². The van der Waals surface area contributed by atoms with Gasteiger partial charge in [0.1, 0.15) is 5.75 Å². The zero-order chi connectivity index (χ0) is 15.2. The molecule has 2 rings (SSSR count). The van der Waals surface area contributed by atoms with Gasteiger partial charge >= 0.3 is 0 Å². The number of methoxy groups -OCH3 is 1. The molecule has 0 saturated carbocycles. The fourth-order valence-corrected chi connectivity index (χ4v) is 2.97. The Morgan fingerprint density at radius 3 is 2.52 bits per heavy atom. The second-order valence-corrected chi connectivity index (χ2v) is 5.78. The van der Waals surface area contributed by atoms with Crippen molar-refractivity contribution in [1.82, 2.24) is 0 Å². The Labute approximate surface area is 127 Å². The van der Waals surface area contributed by atoms with Crippen molar-refractivity contribution < 1.29 is 9.84 Å². The number of benzene rings is 2. The molecule has 0 aliphatic rings. The molecule has 0 spiro atoms. The molecule has 1 unspecified atom stereocenters. The summed E-state index contributed by atoms with van der Waals surface area (Å²) in [5.41, 5.74) is 1.20. The van der Waals surface area contributed by atoms with Crippen LogP contribution in [0.2, 0.25) is 0 Å². The third kappa shape index (κ3) is 3.98. The van der Waals surface area contributed by atoms with Gasteiger partial charge in [0.05, 0.1) is 13.2 Å². The molecule has 21 heavy (non-hydrogen) atoms. The van der Waals surface area contributed by atoms with E-state index < -0.39 is 0 Å². The summed E-state index contributed by atoms with van der Waals surface area (Å²) < 4.78 is 5.32. The smallest absolute Gasteiger partial charge is 0.119 e. The molecule has 114 valence electrons. The van der Waals surface area contributed by atoms with Crippen molar-refractivity contribution in [3.05, 3.63) is 42.0 Å². The summed E-state index contributed by atoms with van der Waals surface area (Å²) >= 11 is 0. The van der Waals surface area contributed by atoms with Gasteiger partial charge in [0.2, 0.25) is 0 Å². The first-order chi connectivity index (χ1) is 10.2. The van der Waals surface area contributed by atoms with Crippen LogP contribution in [-0.2, 0) is 6.42 Å². The Kier molecular flexibility index (Phi) is 5.63. The summed E-state index contributed by atoms with van der Waals surface area (Å²) in [4.78, 5) is 0. The lowest BCUT2D eigenvalue weighted by atomic mass is 9.91. The topological polar surface area (TPSA) is 29.5 Å². The highest BCUT2D eigenvalue weighted by molar-refractivity contribution is 5.87. The van der Waals surface area contributed by atoms with E-state index in [0.29, 0.717) is 12.3 Å². The van der Waals surface area contributed by atoms with Crippen LogP contribution < -0.4 is 4.74 Å². The van der Waals surface area contributed by atoms with Gasteiger partial charge in [-0.15, -0.1) is 0 Å². The molecule has 1 atom stereocenters. The maximum absolute atomic E-state index is 10.4. The van der Waals surface area contributed by atoms with Gasteiger partial charge in [-0.3, -0.25) is 0 Å². The first kappa shape index (κ1) is 15.8. The van der Waals surface area contributed by atoms with Crippen molar-refractivity contribution in [3.8, 4) is 5.75 Å². The Morgan fingerprint density at radius 1 is 1.10 bits per heavy atom. The van der Waals surface area contributed by atoms with Crippen LogP contribution >= 0.6 is 0 Å². The molecule has 1 N–H and O–H groups in total. The number of hydrogen-bond acceptors (Lipinski definition) is 2. The van der Waals surface area contributed by atoms with E-state index in [1.165, 1.54) is 16.3 Å². The third-order valence-corrected chi connectivity index (χ3v) is 4.40. The molecule has 2 aromatic carbocycles. The third-order valence-electron chi connectivity index (χ3n) is 4.40. The fraction of sp³-hybridized carbons (Fsp3) is 0.474. The number of rotatable bonds is 7. The van der Waals surface area contributed by atoms with E-state index in [1.807, 2.05) is 6.07 Å². The lowest BCUT2D eigenvalue weighted by Crippen LogP contribution is -2.15. The number of aliphatic hydroxyl groups is 1. The summed E-state index contributed by atoms with van der Waals surface area (Å²) in [5.74, 6) is 1.48. The second kappa shape index (κ2) is 7.46. The molecule has 0 bridgehead atoms. The van der Waals surface area contributed by atoms with Crippen LogP contribution in [0.1, 0.15) is 38.7 Å². The van der Waals surface area contributed by atoms with Gasteiger partial charge in [-0.2, -0.15) is 0 Å². The lowest BCUT2D eigenvalue weighted by Gasteiger charge is -2.18. The van der Waals surface area contributed by atoms with Crippen molar-refractivity contribution in [2.75, 3.05) is 7.11 Å². The van der Waals surface area contributed by atoms with Crippen molar-refractivity contribution in [1.29, 1.82) is 0 Å². The molecule has 0 heterocycles. The Hall–Kier alpha value is -1.54. The number of fused-ring (bicyclic) bond motifs is 1. The van der Waals surface area contributed by atoms with Gasteiger partial charge in [0.15, 0.2) is 0 Å². The minimum absolute atomic E-state index is 0.272. The van der Waals surface area contributed by atoms with Crippen molar-refractivity contribution in [2.45, 2.75) is 45.6 Å². The largest absolute Gasteiger partial charge is 0.497 e. The highest BCUT2D eigenvalue weighted by atomic mass is 16.5. The number of aliphatic hydroxyl groups excluding tert-OH is 1. The van der Waals surface area contributed by atoms with Crippen LogP contribution in [0, 0.1) is 5.92 Å². The Bertz CT molecular complexity index is 573. The van der Waals surface area contributed by atoms with E-state index in [-0.39, 0.29) is 6.10 Å². The first-order valence-electron chi connectivity index (χ1n) is 7.91. The van der Waals surface area contributed by atoms with Crippen LogP contribution in [0.5, 0.6) is 5.75 Å². The summed E-state index contributed by atoms with van der Waals surface area (Å²) in [6, 6.07) is 12.4. The first-order valence-corrected chi connectivity index (χ1v) is 7.91. The minimum Gasteiger partial charge on any atom is -0.497 e. The summed E-state index contributed by atoms with van der Waals surface area (Å²) in [6.45, 7) is 4.40. The fourth-order valence-electron chi connectivity index (χ4n) is 2.97. The highest BCUT2D eigenvalue weighted by Gasteiger charge is 2.13. The van der Waals surface area contributed by atoms with Crippen LogP contribution in [0.3, 0.4) is 0 Å². The molecule has 2 nitrogen and oxygen atoms in total. The van der Waals surface area contributed by atoms with Gasteiger partial charge in [-0.05, 0) is 47.2 Å². The van der Waals surface area contributed by atoms with E-state index in [1.54, 1.807) is 7.11 Å². The Balaban J connectivity index is 2.21. The summed E-state index contributed by atoms with van der Waals surface area (Å²) in [7, 11) is 1.69. The molecule has 0 aromatic heterocycles. The molecule has 0 aliphatic carbocycles. The zero-order valence-electron chi connectivity index (χ0n) is 13.3. The summed E-state index contributed by atoms with van der Waals surface area (Å²) in [6.07, 6.45) is 3.59. The van der Waals surface area contributed by atoms with Gasteiger partial charge in [-0.1, -0.05) is 51.0 Å². The molecular formula is C19H26O2. The number of hydrogen-bond donors (Lipinski definition) is 1. The van der Waals surface area contributed by atoms with Crippen LogP contribution in [0.15, 0.2) is 36.4 Å². The molecule has 0 radical (unpaired) electrons. The minimum atomic E-state index is -0.272. The van der Waals surface area contributed by atoms with Gasteiger partial charge < -0.3 is 9.84 Å². The predicted octanol–water partition coefficient (Wildman–Crippen LogP) is 4.58. The van der Waals surface area contributed by atoms with E-state index in [9.17, 15) is 5.11 Å². The maximum Gasteiger partial charge on any atom is 0.119 e. The van der Waals surface area contributed by atoms with E-state index in [2.05, 4.69) is 44.2 Å². The van der Waals surface area contributed by atoms with Crippen LogP contribution in [0.25, 0.3) is 10.8 Å². The monoisotopic (exact) mass is 286 g/mol. The zero-order valence-corrected chi connectivity index (χ0v) is 13.3. The van der Waals surface area contributed by atoms with Crippen molar-refractivity contribution in [3.63, 3.8) is 0 Å². The SMILES string of the molecule is CCC(CC)CC(O)Cc1cccc2ccc(OC)cc12. The quantitative estimate of drug-likeness (QED) is 0.807. The van der Waals surface area contributed by atoms with Crippen molar-refractivity contribution in [2.24, 2.45) is 5.92 Å². The summed E-state index contributed by atoms with van der Waals surface area (Å²) in [5, 5.41) is 12.8. The van der Waals surface area contributed by atoms with Gasteiger partial charge in [0.25, 0.3) is 0 Å². The van der Waals surface area contributed by atoms with Gasteiger partial charge in [-0.25, -0.2) is 0 Å². The maximum atomic E-state index is 10.4.